The number of carbonyl (C=O) groups is 2. The van der Waals surface area contributed by atoms with Gasteiger partial charge in [0.1, 0.15) is 17.1 Å². The Hall–Kier alpha value is -3.17. The quantitative estimate of drug-likeness (QED) is 0.498. The van der Waals surface area contributed by atoms with Crippen molar-refractivity contribution in [3.05, 3.63) is 43.4 Å². The Kier molecular flexibility index (Phi) is 6.32. The van der Waals surface area contributed by atoms with E-state index in [9.17, 15) is 19.2 Å². The molecule has 0 radical (unpaired) electrons. The number of nitrogen functional groups attached to an aromatic ring is 1. The highest BCUT2D eigenvalue weighted by Crippen LogP contribution is 2.14. The van der Waals surface area contributed by atoms with Crippen LogP contribution in [0, 0.1) is 13.8 Å². The van der Waals surface area contributed by atoms with E-state index in [1.54, 1.807) is 13.8 Å². The van der Waals surface area contributed by atoms with Crippen LogP contribution in [-0.2, 0) is 22.5 Å². The zero-order valence-corrected chi connectivity index (χ0v) is 15.5. The number of rotatable bonds is 8. The summed E-state index contributed by atoms with van der Waals surface area (Å²) in [5.74, 6) is -0.999. The molecule has 2 aromatic heterocycles. The summed E-state index contributed by atoms with van der Waals surface area (Å²) in [6.07, 6.45) is 0.968. The summed E-state index contributed by atoms with van der Waals surface area (Å²) >= 11 is 0. The van der Waals surface area contributed by atoms with Gasteiger partial charge in [0, 0.05) is 18.5 Å². The third kappa shape index (κ3) is 4.52. The first-order chi connectivity index (χ1) is 12.8. The summed E-state index contributed by atoms with van der Waals surface area (Å²) in [5.41, 5.74) is 5.32. The van der Waals surface area contributed by atoms with Crippen LogP contribution in [0.15, 0.2) is 14.1 Å². The molecule has 27 heavy (non-hydrogen) atoms. The van der Waals surface area contributed by atoms with Gasteiger partial charge in [-0.05, 0) is 26.7 Å². The number of carbonyl (C=O) groups excluding carboxylic acids is 2. The van der Waals surface area contributed by atoms with Gasteiger partial charge >= 0.3 is 11.7 Å². The highest BCUT2D eigenvalue weighted by Gasteiger charge is 2.21. The van der Waals surface area contributed by atoms with Crippen LogP contribution in [0.3, 0.4) is 0 Å². The van der Waals surface area contributed by atoms with Gasteiger partial charge in [-0.2, -0.15) is 0 Å². The highest BCUT2D eigenvalue weighted by molar-refractivity contribution is 6.01. The van der Waals surface area contributed by atoms with Crippen LogP contribution < -0.4 is 17.0 Å². The molecule has 0 fully saturated rings. The molecular weight excluding hydrogens is 356 g/mol. The first kappa shape index (κ1) is 20.1. The van der Waals surface area contributed by atoms with E-state index in [0.29, 0.717) is 24.3 Å². The number of aryl methyl sites for hydroxylation is 2. The number of hydrogen-bond acceptors (Lipinski definition) is 8. The smallest absolute Gasteiger partial charge is 0.329 e. The predicted octanol–water partition coefficient (Wildman–Crippen LogP) is 0.492. The first-order valence-electron chi connectivity index (χ1n) is 8.49. The molecule has 0 saturated heterocycles. The van der Waals surface area contributed by atoms with Crippen LogP contribution in [0.4, 0.5) is 5.82 Å². The Bertz CT molecular complexity index is 949. The second-order valence-corrected chi connectivity index (χ2v) is 6.06. The monoisotopic (exact) mass is 378 g/mol. The average molecular weight is 378 g/mol. The second-order valence-electron chi connectivity index (χ2n) is 6.06. The number of hydrogen-bond donors (Lipinski definition) is 2. The fourth-order valence-electron chi connectivity index (χ4n) is 2.68. The van der Waals surface area contributed by atoms with Crippen molar-refractivity contribution in [3.63, 3.8) is 0 Å². The number of nitrogens with one attached hydrogen (secondary N) is 1. The third-order valence-corrected chi connectivity index (χ3v) is 4.09. The van der Waals surface area contributed by atoms with Gasteiger partial charge < -0.3 is 15.0 Å². The number of ether oxygens (including phenoxy) is 1. The number of aromatic nitrogens is 3. The Morgan fingerprint density at radius 2 is 2.00 bits per heavy atom. The molecule has 0 spiro atoms. The first-order valence-corrected chi connectivity index (χ1v) is 8.49. The van der Waals surface area contributed by atoms with E-state index in [0.717, 1.165) is 10.1 Å². The minimum atomic E-state index is -0.901. The van der Waals surface area contributed by atoms with Crippen molar-refractivity contribution < 1.29 is 18.8 Å². The van der Waals surface area contributed by atoms with E-state index in [1.165, 1.54) is 0 Å². The molecule has 3 N–H and O–H groups in total. The molecule has 0 atom stereocenters. The maximum absolute atomic E-state index is 12.3. The molecule has 0 bridgehead atoms. The van der Waals surface area contributed by atoms with Crippen LogP contribution >= 0.6 is 0 Å². The number of nitrogens with zero attached hydrogens (tertiary/aromatic N) is 2. The van der Waals surface area contributed by atoms with Gasteiger partial charge in [0.25, 0.3) is 5.56 Å². The molecule has 10 heteroatoms. The molecule has 2 aromatic rings. The maximum Gasteiger partial charge on any atom is 0.329 e. The van der Waals surface area contributed by atoms with Crippen molar-refractivity contribution in [2.45, 2.75) is 46.6 Å². The fraction of sp³-hybridized carbons (Fsp3) is 0.471. The zero-order valence-electron chi connectivity index (χ0n) is 15.5. The van der Waals surface area contributed by atoms with Crippen molar-refractivity contribution in [2.75, 3.05) is 12.3 Å². The summed E-state index contributed by atoms with van der Waals surface area (Å²) in [6.45, 7) is 4.93. The summed E-state index contributed by atoms with van der Waals surface area (Å²) in [5, 5.41) is 3.80. The van der Waals surface area contributed by atoms with Crippen LogP contribution in [0.2, 0.25) is 0 Å². The molecule has 146 valence electrons. The van der Waals surface area contributed by atoms with Crippen LogP contribution in [-0.4, -0.2) is 33.1 Å². The van der Waals surface area contributed by atoms with E-state index in [2.05, 4.69) is 10.1 Å². The molecule has 2 heterocycles. The molecule has 0 amide bonds. The number of ketones is 1. The van der Waals surface area contributed by atoms with Crippen LogP contribution in [0.25, 0.3) is 0 Å². The largest absolute Gasteiger partial charge is 0.457 e. The van der Waals surface area contributed by atoms with E-state index in [4.69, 9.17) is 15.0 Å². The molecule has 0 aromatic carbocycles. The minimum Gasteiger partial charge on any atom is -0.457 e. The number of aromatic amines is 1. The standard InChI is InChI=1S/C17H22N4O6/c1-4-7-21-15(18)14(16(24)19-17(21)25)12(22)8-26-13(23)6-5-11-9(2)20-27-10(11)3/h4-8,18H2,1-3H3,(H,19,24,25). The minimum absolute atomic E-state index is 0.0251. The second kappa shape index (κ2) is 8.47. The number of Topliss-reactive ketones (excluding diaryl/α,β-unsaturated/α-hetero) is 1. The number of esters is 1. The van der Waals surface area contributed by atoms with E-state index < -0.39 is 29.6 Å². The van der Waals surface area contributed by atoms with E-state index in [-0.39, 0.29) is 24.3 Å². The summed E-state index contributed by atoms with van der Waals surface area (Å²) in [6, 6.07) is 0. The zero-order chi connectivity index (χ0) is 20.1. The normalized spacial score (nSPS) is 10.8. The van der Waals surface area contributed by atoms with Gasteiger partial charge in [-0.15, -0.1) is 0 Å². The molecule has 0 aliphatic carbocycles. The van der Waals surface area contributed by atoms with Crippen molar-refractivity contribution in [2.24, 2.45) is 0 Å². The molecule has 10 nitrogen and oxygen atoms in total. The Labute approximate surface area is 154 Å². The van der Waals surface area contributed by atoms with Gasteiger partial charge in [0.05, 0.1) is 5.69 Å². The van der Waals surface area contributed by atoms with E-state index in [1.807, 2.05) is 6.92 Å². The van der Waals surface area contributed by atoms with Gasteiger partial charge in [0.2, 0.25) is 5.78 Å². The summed E-state index contributed by atoms with van der Waals surface area (Å²) in [7, 11) is 0. The maximum atomic E-state index is 12.3. The lowest BCUT2D eigenvalue weighted by atomic mass is 10.1. The van der Waals surface area contributed by atoms with Gasteiger partial charge in [-0.3, -0.25) is 23.9 Å². The number of anilines is 1. The lowest BCUT2D eigenvalue weighted by molar-refractivity contribution is -0.142. The molecule has 0 aliphatic rings. The molecule has 0 aliphatic heterocycles. The Morgan fingerprint density at radius 1 is 1.30 bits per heavy atom. The summed E-state index contributed by atoms with van der Waals surface area (Å²) < 4.78 is 11.1. The number of nitrogens with two attached hydrogens (primary N) is 1. The molecule has 0 unspecified atom stereocenters. The molecule has 2 rings (SSSR count). The van der Waals surface area contributed by atoms with Gasteiger partial charge in [-0.1, -0.05) is 12.1 Å². The fourth-order valence-corrected chi connectivity index (χ4v) is 2.68. The SMILES string of the molecule is CCCn1c(N)c(C(=O)COC(=O)CCc2c(C)noc2C)c(=O)[nH]c1=O. The van der Waals surface area contributed by atoms with Gasteiger partial charge in [-0.25, -0.2) is 4.79 Å². The number of H-pyrrole nitrogens is 1. The van der Waals surface area contributed by atoms with Crippen LogP contribution in [0.1, 0.15) is 47.1 Å². The Balaban J connectivity index is 2.03. The molecule has 0 saturated carbocycles. The van der Waals surface area contributed by atoms with Crippen molar-refractivity contribution >= 4 is 17.6 Å². The highest BCUT2D eigenvalue weighted by atomic mass is 16.5. The van der Waals surface area contributed by atoms with Crippen molar-refractivity contribution in [1.29, 1.82) is 0 Å². The summed E-state index contributed by atoms with van der Waals surface area (Å²) in [4.78, 5) is 49.9. The van der Waals surface area contributed by atoms with Crippen molar-refractivity contribution in [1.82, 2.24) is 14.7 Å². The molecular formula is C17H22N4O6. The lowest BCUT2D eigenvalue weighted by Gasteiger charge is -2.11. The van der Waals surface area contributed by atoms with Crippen LogP contribution in [0.5, 0.6) is 0 Å². The third-order valence-electron chi connectivity index (χ3n) is 4.09. The van der Waals surface area contributed by atoms with E-state index >= 15 is 0 Å². The predicted molar refractivity (Wildman–Crippen MR) is 95.6 cm³/mol. The van der Waals surface area contributed by atoms with Gasteiger partial charge in [0.15, 0.2) is 6.61 Å². The van der Waals surface area contributed by atoms with Crippen molar-refractivity contribution in [3.8, 4) is 0 Å². The Morgan fingerprint density at radius 3 is 2.59 bits per heavy atom. The average Bonchev–Trinajstić information content (AvgIpc) is 2.92. The lowest BCUT2D eigenvalue weighted by Crippen LogP contribution is -2.37. The topological polar surface area (TPSA) is 150 Å².